The van der Waals surface area contributed by atoms with Crippen molar-refractivity contribution in [3.63, 3.8) is 0 Å². The van der Waals surface area contributed by atoms with Crippen LogP contribution in [0.2, 0.25) is 0 Å². The molecule has 0 amide bonds. The molecular formula is C14H13N3O4. The second kappa shape index (κ2) is 6.00. The Hall–Kier alpha value is -2.96. The average Bonchev–Trinajstić information content (AvgIpc) is 2.45. The van der Waals surface area contributed by atoms with E-state index in [0.29, 0.717) is 16.9 Å². The van der Waals surface area contributed by atoms with Crippen molar-refractivity contribution >= 4 is 17.3 Å². The van der Waals surface area contributed by atoms with E-state index in [1.54, 1.807) is 31.2 Å². The molecule has 0 atom stereocenters. The number of carboxylic acid groups (broad SMARTS) is 1. The van der Waals surface area contributed by atoms with Crippen molar-refractivity contribution in [2.24, 2.45) is 0 Å². The van der Waals surface area contributed by atoms with Crippen LogP contribution in [0.25, 0.3) is 0 Å². The van der Waals surface area contributed by atoms with Gasteiger partial charge in [0.05, 0.1) is 10.6 Å². The second-order valence-corrected chi connectivity index (χ2v) is 4.42. The number of aromatic nitrogens is 1. The third kappa shape index (κ3) is 3.33. The number of carbonyl (C=O) groups is 1. The zero-order chi connectivity index (χ0) is 15.4. The smallest absolute Gasteiger partial charge is 0.339 e. The Morgan fingerprint density at radius 2 is 2.14 bits per heavy atom. The molecule has 1 aromatic heterocycles. The maximum absolute atomic E-state index is 11.1. The van der Waals surface area contributed by atoms with Gasteiger partial charge in [-0.2, -0.15) is 0 Å². The fourth-order valence-corrected chi connectivity index (χ4v) is 1.91. The summed E-state index contributed by atoms with van der Waals surface area (Å²) in [6.07, 6.45) is 1.26. The summed E-state index contributed by atoms with van der Waals surface area (Å²) in [5, 5.41) is 23.0. The predicted molar refractivity (Wildman–Crippen MR) is 76.4 cm³/mol. The lowest BCUT2D eigenvalue weighted by Gasteiger charge is -2.10. The van der Waals surface area contributed by atoms with E-state index in [2.05, 4.69) is 10.3 Å². The van der Waals surface area contributed by atoms with Gasteiger partial charge in [-0.1, -0.05) is 18.2 Å². The van der Waals surface area contributed by atoms with Crippen molar-refractivity contribution in [2.75, 3.05) is 5.32 Å². The molecule has 0 fully saturated rings. The van der Waals surface area contributed by atoms with Crippen LogP contribution in [0.1, 0.15) is 21.6 Å². The van der Waals surface area contributed by atoms with E-state index in [0.717, 1.165) is 0 Å². The molecule has 21 heavy (non-hydrogen) atoms. The van der Waals surface area contributed by atoms with E-state index in [4.69, 9.17) is 5.11 Å². The van der Waals surface area contributed by atoms with Crippen LogP contribution < -0.4 is 5.32 Å². The summed E-state index contributed by atoms with van der Waals surface area (Å²) in [7, 11) is 0. The molecule has 2 rings (SSSR count). The molecule has 1 aromatic carbocycles. The lowest BCUT2D eigenvalue weighted by atomic mass is 10.1. The number of benzene rings is 1. The van der Waals surface area contributed by atoms with Crippen LogP contribution >= 0.6 is 0 Å². The molecule has 1 heterocycles. The molecule has 7 nitrogen and oxygen atoms in total. The van der Waals surface area contributed by atoms with Crippen molar-refractivity contribution < 1.29 is 14.8 Å². The molecule has 2 aromatic rings. The summed E-state index contributed by atoms with van der Waals surface area (Å²) in [5.41, 5.74) is 1.54. The van der Waals surface area contributed by atoms with Gasteiger partial charge in [0.25, 0.3) is 5.69 Å². The molecule has 0 saturated carbocycles. The highest BCUT2D eigenvalue weighted by Crippen LogP contribution is 2.21. The van der Waals surface area contributed by atoms with E-state index in [-0.39, 0.29) is 17.8 Å². The summed E-state index contributed by atoms with van der Waals surface area (Å²) >= 11 is 0. The van der Waals surface area contributed by atoms with Gasteiger partial charge < -0.3 is 10.4 Å². The number of nitro benzene ring substituents is 1. The van der Waals surface area contributed by atoms with E-state index < -0.39 is 10.9 Å². The zero-order valence-electron chi connectivity index (χ0n) is 11.2. The topological polar surface area (TPSA) is 105 Å². The minimum absolute atomic E-state index is 0.00680. The summed E-state index contributed by atoms with van der Waals surface area (Å²) in [5.74, 6) is -1.10. The number of rotatable bonds is 5. The number of hydrogen-bond donors (Lipinski definition) is 2. The lowest BCUT2D eigenvalue weighted by Crippen LogP contribution is -2.08. The second-order valence-electron chi connectivity index (χ2n) is 4.42. The number of para-hydroxylation sites is 1. The van der Waals surface area contributed by atoms with E-state index >= 15 is 0 Å². The SMILES string of the molecule is Cc1cc(NCc2ccccc2[N+](=O)[O-])c(C(=O)O)cn1. The Kier molecular flexibility index (Phi) is 4.13. The highest BCUT2D eigenvalue weighted by molar-refractivity contribution is 5.93. The van der Waals surface area contributed by atoms with Crippen molar-refractivity contribution in [3.8, 4) is 0 Å². The molecule has 0 aliphatic carbocycles. The van der Waals surface area contributed by atoms with Gasteiger partial charge >= 0.3 is 5.97 Å². The fraction of sp³-hybridized carbons (Fsp3) is 0.143. The van der Waals surface area contributed by atoms with Gasteiger partial charge in [0.2, 0.25) is 0 Å². The van der Waals surface area contributed by atoms with Gasteiger partial charge in [-0.15, -0.1) is 0 Å². The van der Waals surface area contributed by atoms with Crippen molar-refractivity contribution in [1.82, 2.24) is 4.98 Å². The number of nitrogens with one attached hydrogen (secondary N) is 1. The quantitative estimate of drug-likeness (QED) is 0.646. The van der Waals surface area contributed by atoms with Crippen LogP contribution in [0.3, 0.4) is 0 Å². The van der Waals surface area contributed by atoms with E-state index in [1.807, 2.05) is 0 Å². The Morgan fingerprint density at radius 1 is 1.43 bits per heavy atom. The van der Waals surface area contributed by atoms with Gasteiger partial charge in [-0.05, 0) is 13.0 Å². The number of nitrogens with zero attached hydrogens (tertiary/aromatic N) is 2. The number of nitro groups is 1. The fourth-order valence-electron chi connectivity index (χ4n) is 1.91. The Balaban J connectivity index is 2.27. The van der Waals surface area contributed by atoms with E-state index in [9.17, 15) is 14.9 Å². The highest BCUT2D eigenvalue weighted by Gasteiger charge is 2.14. The molecule has 108 valence electrons. The molecule has 0 saturated heterocycles. The first-order chi connectivity index (χ1) is 9.99. The first-order valence-corrected chi connectivity index (χ1v) is 6.15. The van der Waals surface area contributed by atoms with Crippen molar-refractivity contribution in [2.45, 2.75) is 13.5 Å². The minimum atomic E-state index is -1.10. The Bertz CT molecular complexity index is 700. The van der Waals surface area contributed by atoms with Gasteiger partial charge in [-0.3, -0.25) is 15.1 Å². The van der Waals surface area contributed by atoms with Gasteiger partial charge in [0, 0.05) is 30.1 Å². The van der Waals surface area contributed by atoms with E-state index in [1.165, 1.54) is 12.3 Å². The number of hydrogen-bond acceptors (Lipinski definition) is 5. The predicted octanol–water partition coefficient (Wildman–Crippen LogP) is 2.61. The van der Waals surface area contributed by atoms with Gasteiger partial charge in [0.15, 0.2) is 0 Å². The number of aryl methyl sites for hydroxylation is 1. The monoisotopic (exact) mass is 287 g/mol. The average molecular weight is 287 g/mol. The summed E-state index contributed by atoms with van der Waals surface area (Å²) in [4.78, 5) is 25.5. The molecule has 0 aliphatic heterocycles. The third-order valence-corrected chi connectivity index (χ3v) is 2.93. The molecule has 2 N–H and O–H groups in total. The number of aromatic carboxylic acids is 1. The molecule has 7 heteroatoms. The summed E-state index contributed by atoms with van der Waals surface area (Å²) in [6.45, 7) is 1.89. The zero-order valence-corrected chi connectivity index (χ0v) is 11.2. The van der Waals surface area contributed by atoms with Crippen LogP contribution in [0, 0.1) is 17.0 Å². The summed E-state index contributed by atoms with van der Waals surface area (Å²) in [6, 6.07) is 7.91. The number of pyridine rings is 1. The molecule has 0 unspecified atom stereocenters. The van der Waals surface area contributed by atoms with Crippen molar-refractivity contribution in [1.29, 1.82) is 0 Å². The summed E-state index contributed by atoms with van der Waals surface area (Å²) < 4.78 is 0. The van der Waals surface area contributed by atoms with Crippen LogP contribution in [-0.2, 0) is 6.54 Å². The third-order valence-electron chi connectivity index (χ3n) is 2.93. The highest BCUT2D eigenvalue weighted by atomic mass is 16.6. The van der Waals surface area contributed by atoms with Crippen LogP contribution in [0.4, 0.5) is 11.4 Å². The van der Waals surface area contributed by atoms with Crippen LogP contribution in [-0.4, -0.2) is 21.0 Å². The minimum Gasteiger partial charge on any atom is -0.478 e. The van der Waals surface area contributed by atoms with Gasteiger partial charge in [0.1, 0.15) is 5.56 Å². The molecule has 0 spiro atoms. The first-order valence-electron chi connectivity index (χ1n) is 6.15. The Morgan fingerprint density at radius 3 is 2.81 bits per heavy atom. The Labute approximate surface area is 120 Å². The lowest BCUT2D eigenvalue weighted by molar-refractivity contribution is -0.385. The largest absolute Gasteiger partial charge is 0.478 e. The standard InChI is InChI=1S/C14H13N3O4/c1-9-6-12(11(8-15-9)14(18)19)16-7-10-4-2-3-5-13(10)17(20)21/h2-6,8H,7H2,1H3,(H,15,16)(H,18,19). The van der Waals surface area contributed by atoms with Crippen LogP contribution in [0.5, 0.6) is 0 Å². The molecule has 0 aliphatic rings. The normalized spacial score (nSPS) is 10.1. The molecule has 0 radical (unpaired) electrons. The maximum atomic E-state index is 11.1. The molecular weight excluding hydrogens is 274 g/mol. The first kappa shape index (κ1) is 14.4. The number of carboxylic acids is 1. The molecule has 0 bridgehead atoms. The van der Waals surface area contributed by atoms with Gasteiger partial charge in [-0.25, -0.2) is 4.79 Å². The van der Waals surface area contributed by atoms with Crippen molar-refractivity contribution in [3.05, 3.63) is 63.5 Å². The number of anilines is 1. The maximum Gasteiger partial charge on any atom is 0.339 e. The van der Waals surface area contributed by atoms with Crippen LogP contribution in [0.15, 0.2) is 36.5 Å².